The molecule has 0 bridgehead atoms. The zero-order chi connectivity index (χ0) is 22.8. The Hall–Kier alpha value is -2.97. The molecule has 1 aliphatic carbocycles. The molecule has 2 heterocycles. The first-order chi connectivity index (χ1) is 15.3. The molecule has 164 valence electrons. The smallest absolute Gasteiger partial charge is 0.291 e. The minimum absolute atomic E-state index is 0.226. The molecule has 9 heteroatoms. The van der Waals surface area contributed by atoms with Crippen LogP contribution in [0.25, 0.3) is 0 Å². The molecule has 1 aromatic carbocycles. The third-order valence-corrected chi connectivity index (χ3v) is 6.06. The summed E-state index contributed by atoms with van der Waals surface area (Å²) < 4.78 is 6.61. The van der Waals surface area contributed by atoms with Gasteiger partial charge in [0.2, 0.25) is 0 Å². The number of amides is 2. The normalized spacial score (nSPS) is 14.2. The monoisotopic (exact) mass is 514 g/mol. The summed E-state index contributed by atoms with van der Waals surface area (Å²) in [5, 5.41) is 7.74. The van der Waals surface area contributed by atoms with E-state index in [1.165, 1.54) is 6.20 Å². The highest BCUT2D eigenvalue weighted by Gasteiger charge is 2.28. The van der Waals surface area contributed by atoms with E-state index in [0.717, 1.165) is 17.5 Å². The molecule has 0 unspecified atom stereocenters. The van der Waals surface area contributed by atoms with Crippen LogP contribution in [0.3, 0.4) is 0 Å². The van der Waals surface area contributed by atoms with Crippen LogP contribution in [0.2, 0.25) is 5.02 Å². The van der Waals surface area contributed by atoms with Crippen LogP contribution in [0, 0.1) is 13.8 Å². The molecule has 2 N–H and O–H groups in total. The Morgan fingerprint density at radius 3 is 2.72 bits per heavy atom. The quantitative estimate of drug-likeness (QED) is 0.453. The van der Waals surface area contributed by atoms with Crippen molar-refractivity contribution < 1.29 is 14.0 Å². The standard InChI is InChI=1S/C23H20BrClN4O3/c1-12-6-7-16(9-17(12)25)27-23(31)21-13(2)20-18(4-3-5-19(20)32-21)28-29-22(30)14-8-15(24)11-26-10-14/h6-11H,3-5H2,1-2H3,(H,27,31)(H,29,30)/b28-18+. The molecule has 32 heavy (non-hydrogen) atoms. The largest absolute Gasteiger partial charge is 0.455 e. The number of furan rings is 1. The fourth-order valence-corrected chi connectivity index (χ4v) is 4.12. The average molecular weight is 516 g/mol. The number of pyridine rings is 1. The van der Waals surface area contributed by atoms with Gasteiger partial charge in [-0.3, -0.25) is 14.6 Å². The van der Waals surface area contributed by atoms with Crippen LogP contribution in [0.5, 0.6) is 0 Å². The number of anilines is 1. The van der Waals surface area contributed by atoms with E-state index < -0.39 is 0 Å². The Morgan fingerprint density at radius 1 is 1.16 bits per heavy atom. The third kappa shape index (κ3) is 4.61. The van der Waals surface area contributed by atoms with Crippen molar-refractivity contribution in [3.05, 3.63) is 79.9 Å². The Balaban J connectivity index is 1.57. The number of halogens is 2. The number of rotatable bonds is 4. The van der Waals surface area contributed by atoms with E-state index in [1.54, 1.807) is 24.4 Å². The summed E-state index contributed by atoms with van der Waals surface area (Å²) in [6.45, 7) is 3.71. The molecule has 0 atom stereocenters. The molecule has 0 saturated heterocycles. The number of carbonyl (C=O) groups excluding carboxylic acids is 2. The number of nitrogens with zero attached hydrogens (tertiary/aromatic N) is 2. The van der Waals surface area contributed by atoms with Gasteiger partial charge in [-0.15, -0.1) is 0 Å². The van der Waals surface area contributed by atoms with E-state index in [0.29, 0.717) is 50.6 Å². The number of hydrogen-bond acceptors (Lipinski definition) is 5. The zero-order valence-electron chi connectivity index (χ0n) is 17.5. The number of nitrogens with one attached hydrogen (secondary N) is 2. The number of carbonyl (C=O) groups is 2. The minimum atomic E-state index is -0.367. The van der Waals surface area contributed by atoms with Crippen molar-refractivity contribution in [3.63, 3.8) is 0 Å². The number of fused-ring (bicyclic) bond motifs is 1. The molecule has 2 amide bonds. The summed E-state index contributed by atoms with van der Waals surface area (Å²) in [7, 11) is 0. The Labute approximate surface area is 198 Å². The Morgan fingerprint density at radius 2 is 1.97 bits per heavy atom. The summed E-state index contributed by atoms with van der Waals surface area (Å²) >= 11 is 9.46. The van der Waals surface area contributed by atoms with Gasteiger partial charge in [0.1, 0.15) is 5.76 Å². The zero-order valence-corrected chi connectivity index (χ0v) is 19.8. The molecular formula is C23H20BrClN4O3. The SMILES string of the molecule is Cc1ccc(NC(=O)c2oc3c(c2C)/C(=N/NC(=O)c2cncc(Br)c2)CCC3)cc1Cl. The first-order valence-corrected chi connectivity index (χ1v) is 11.2. The predicted molar refractivity (Wildman–Crippen MR) is 126 cm³/mol. The Bertz CT molecular complexity index is 1250. The van der Waals surface area contributed by atoms with Gasteiger partial charge in [0.25, 0.3) is 11.8 Å². The maximum absolute atomic E-state index is 12.9. The van der Waals surface area contributed by atoms with Crippen molar-refractivity contribution in [1.82, 2.24) is 10.4 Å². The molecule has 4 rings (SSSR count). The Kier molecular flexibility index (Phi) is 6.43. The number of hydrogen-bond donors (Lipinski definition) is 2. The molecule has 0 spiro atoms. The van der Waals surface area contributed by atoms with Crippen LogP contribution in [-0.4, -0.2) is 22.5 Å². The van der Waals surface area contributed by atoms with Gasteiger partial charge in [-0.1, -0.05) is 17.7 Å². The lowest BCUT2D eigenvalue weighted by atomic mass is 9.93. The minimum Gasteiger partial charge on any atom is -0.455 e. The maximum Gasteiger partial charge on any atom is 0.291 e. The average Bonchev–Trinajstić information content (AvgIpc) is 3.12. The van der Waals surface area contributed by atoms with Gasteiger partial charge in [-0.2, -0.15) is 5.10 Å². The van der Waals surface area contributed by atoms with Crippen LogP contribution < -0.4 is 10.7 Å². The predicted octanol–water partition coefficient (Wildman–Crippen LogP) is 5.43. The van der Waals surface area contributed by atoms with Crippen molar-refractivity contribution in [2.75, 3.05) is 5.32 Å². The first kappa shape index (κ1) is 22.2. The van der Waals surface area contributed by atoms with E-state index in [2.05, 4.69) is 36.8 Å². The number of aryl methyl sites for hydroxylation is 2. The number of hydrazone groups is 1. The van der Waals surface area contributed by atoms with Crippen molar-refractivity contribution in [2.45, 2.75) is 33.1 Å². The van der Waals surface area contributed by atoms with Crippen molar-refractivity contribution in [3.8, 4) is 0 Å². The van der Waals surface area contributed by atoms with Gasteiger partial charge in [-0.05, 0) is 66.4 Å². The van der Waals surface area contributed by atoms with E-state index in [-0.39, 0.29) is 17.6 Å². The lowest BCUT2D eigenvalue weighted by Crippen LogP contribution is -2.22. The lowest BCUT2D eigenvalue weighted by Gasteiger charge is -2.13. The van der Waals surface area contributed by atoms with Crippen LogP contribution in [-0.2, 0) is 6.42 Å². The van der Waals surface area contributed by atoms with Crippen molar-refractivity contribution >= 4 is 50.7 Å². The van der Waals surface area contributed by atoms with E-state index in [1.807, 2.05) is 19.9 Å². The molecule has 2 aromatic heterocycles. The summed E-state index contributed by atoms with van der Waals surface area (Å²) in [4.78, 5) is 29.3. The number of aromatic nitrogens is 1. The summed E-state index contributed by atoms with van der Waals surface area (Å²) in [5.41, 5.74) is 6.63. The van der Waals surface area contributed by atoms with Gasteiger partial charge >= 0.3 is 0 Å². The van der Waals surface area contributed by atoms with Crippen molar-refractivity contribution in [1.29, 1.82) is 0 Å². The summed E-state index contributed by atoms with van der Waals surface area (Å²) in [6, 6.07) is 6.99. The molecule has 1 aliphatic rings. The topological polar surface area (TPSA) is 96.6 Å². The molecule has 0 saturated carbocycles. The fourth-order valence-electron chi connectivity index (χ4n) is 3.57. The molecule has 0 fully saturated rings. The molecule has 3 aromatic rings. The van der Waals surface area contributed by atoms with Gasteiger partial charge in [0.15, 0.2) is 5.76 Å². The van der Waals surface area contributed by atoms with Crippen LogP contribution >= 0.6 is 27.5 Å². The van der Waals surface area contributed by atoms with Crippen LogP contribution in [0.15, 0.2) is 50.7 Å². The molecule has 7 nitrogen and oxygen atoms in total. The summed E-state index contributed by atoms with van der Waals surface area (Å²) in [5.74, 6) is 0.191. The molecule has 0 aliphatic heterocycles. The van der Waals surface area contributed by atoms with Crippen LogP contribution in [0.1, 0.15) is 56.2 Å². The lowest BCUT2D eigenvalue weighted by molar-refractivity contribution is 0.0953. The second-order valence-electron chi connectivity index (χ2n) is 7.52. The second kappa shape index (κ2) is 9.26. The highest BCUT2D eigenvalue weighted by molar-refractivity contribution is 9.10. The highest BCUT2D eigenvalue weighted by Crippen LogP contribution is 2.30. The van der Waals surface area contributed by atoms with E-state index in [9.17, 15) is 9.59 Å². The third-order valence-electron chi connectivity index (χ3n) is 5.22. The summed E-state index contributed by atoms with van der Waals surface area (Å²) in [6.07, 6.45) is 5.24. The number of benzene rings is 1. The van der Waals surface area contributed by atoms with Gasteiger partial charge in [-0.25, -0.2) is 5.43 Å². The first-order valence-electron chi connectivity index (χ1n) is 10.0. The van der Waals surface area contributed by atoms with Gasteiger partial charge in [0, 0.05) is 45.1 Å². The van der Waals surface area contributed by atoms with Gasteiger partial charge in [0.05, 0.1) is 11.3 Å². The van der Waals surface area contributed by atoms with E-state index in [4.69, 9.17) is 16.0 Å². The maximum atomic E-state index is 12.9. The van der Waals surface area contributed by atoms with E-state index >= 15 is 0 Å². The van der Waals surface area contributed by atoms with Crippen molar-refractivity contribution in [2.24, 2.45) is 5.10 Å². The molecular weight excluding hydrogens is 496 g/mol. The van der Waals surface area contributed by atoms with Gasteiger partial charge < -0.3 is 9.73 Å². The molecule has 0 radical (unpaired) electrons. The van der Waals surface area contributed by atoms with Crippen LogP contribution in [0.4, 0.5) is 5.69 Å². The fraction of sp³-hybridized carbons (Fsp3) is 0.217. The second-order valence-corrected chi connectivity index (χ2v) is 8.84. The highest BCUT2D eigenvalue weighted by atomic mass is 79.9.